The second kappa shape index (κ2) is 8.59. The average Bonchev–Trinajstić information content (AvgIpc) is 2.86. The van der Waals surface area contributed by atoms with Crippen LogP contribution in [0.25, 0.3) is 0 Å². The highest BCUT2D eigenvalue weighted by Gasteiger charge is 2.30. The fraction of sp³-hybridized carbons (Fsp3) is 0.625. The van der Waals surface area contributed by atoms with Crippen LogP contribution in [0.5, 0.6) is 5.75 Å². The zero-order valence-electron chi connectivity index (χ0n) is 13.0. The van der Waals surface area contributed by atoms with Crippen LogP contribution in [-0.2, 0) is 6.54 Å². The summed E-state index contributed by atoms with van der Waals surface area (Å²) in [4.78, 5) is 2.32. The van der Waals surface area contributed by atoms with E-state index in [9.17, 15) is 5.11 Å². The molecule has 1 heterocycles. The molecule has 120 valence electrons. The molecule has 0 aromatic heterocycles. The summed E-state index contributed by atoms with van der Waals surface area (Å²) in [5.74, 6) is 0.921. The van der Waals surface area contributed by atoms with Gasteiger partial charge in [-0.15, -0.1) is 12.4 Å². The van der Waals surface area contributed by atoms with Crippen LogP contribution in [0.15, 0.2) is 24.3 Å². The molecule has 0 aliphatic carbocycles. The topological polar surface area (TPSA) is 44.7 Å². The van der Waals surface area contributed by atoms with E-state index in [0.717, 1.165) is 31.9 Å². The Labute approximate surface area is 133 Å². The molecule has 4 nitrogen and oxygen atoms in total. The number of hydrogen-bond donors (Lipinski definition) is 2. The molecule has 1 fully saturated rings. The van der Waals surface area contributed by atoms with Crippen molar-refractivity contribution < 1.29 is 9.84 Å². The minimum absolute atomic E-state index is 0. The molecule has 1 aliphatic rings. The Hall–Kier alpha value is -0.810. The average molecular weight is 315 g/mol. The molecular weight excluding hydrogens is 288 g/mol. The normalized spacial score (nSPS) is 21.3. The number of aliphatic hydroxyl groups excluding tert-OH is 1. The van der Waals surface area contributed by atoms with Gasteiger partial charge in [0, 0.05) is 31.7 Å². The lowest BCUT2D eigenvalue weighted by Crippen LogP contribution is -2.38. The van der Waals surface area contributed by atoms with Crippen molar-refractivity contribution in [2.75, 3.05) is 39.9 Å². The van der Waals surface area contributed by atoms with Crippen molar-refractivity contribution in [1.82, 2.24) is 10.2 Å². The molecule has 0 bridgehead atoms. The number of methoxy groups -OCH3 is 1. The van der Waals surface area contributed by atoms with Crippen LogP contribution >= 0.6 is 12.4 Å². The number of aliphatic hydroxyl groups is 1. The van der Waals surface area contributed by atoms with E-state index in [2.05, 4.69) is 23.2 Å². The van der Waals surface area contributed by atoms with Gasteiger partial charge in [0.15, 0.2) is 0 Å². The Morgan fingerprint density at radius 3 is 2.76 bits per heavy atom. The largest absolute Gasteiger partial charge is 0.496 e. The molecule has 0 amide bonds. The van der Waals surface area contributed by atoms with Gasteiger partial charge < -0.3 is 15.2 Å². The molecule has 5 heteroatoms. The summed E-state index contributed by atoms with van der Waals surface area (Å²) < 4.78 is 5.42. The fourth-order valence-corrected chi connectivity index (χ4v) is 2.97. The highest BCUT2D eigenvalue weighted by molar-refractivity contribution is 5.85. The van der Waals surface area contributed by atoms with Crippen molar-refractivity contribution in [3.05, 3.63) is 29.8 Å². The van der Waals surface area contributed by atoms with Crippen LogP contribution in [0, 0.1) is 5.41 Å². The van der Waals surface area contributed by atoms with Gasteiger partial charge >= 0.3 is 0 Å². The van der Waals surface area contributed by atoms with Crippen molar-refractivity contribution in [3.63, 3.8) is 0 Å². The van der Waals surface area contributed by atoms with Crippen LogP contribution in [0.4, 0.5) is 0 Å². The number of benzene rings is 1. The molecule has 0 radical (unpaired) electrons. The van der Waals surface area contributed by atoms with E-state index in [-0.39, 0.29) is 19.0 Å². The minimum atomic E-state index is 0. The zero-order valence-corrected chi connectivity index (χ0v) is 13.8. The standard InChI is InChI=1S/C16H26N2O2.ClH/c1-16(7-8-17-12-16)13-18(9-10-19)11-14-5-3-4-6-15(14)20-2;/h3-6,17,19H,7-13H2,1-2H3;1H. The first-order valence-corrected chi connectivity index (χ1v) is 7.33. The van der Waals surface area contributed by atoms with E-state index in [0.29, 0.717) is 12.0 Å². The molecule has 1 atom stereocenters. The van der Waals surface area contributed by atoms with Gasteiger partial charge in [0.1, 0.15) is 5.75 Å². The molecule has 21 heavy (non-hydrogen) atoms. The number of rotatable bonds is 7. The molecule has 1 saturated heterocycles. The Kier molecular flexibility index (Phi) is 7.46. The Morgan fingerprint density at radius 1 is 1.38 bits per heavy atom. The van der Waals surface area contributed by atoms with E-state index in [1.165, 1.54) is 12.0 Å². The third kappa shape index (κ3) is 5.15. The lowest BCUT2D eigenvalue weighted by molar-refractivity contribution is 0.137. The first kappa shape index (κ1) is 18.2. The quantitative estimate of drug-likeness (QED) is 0.807. The van der Waals surface area contributed by atoms with Crippen LogP contribution in [-0.4, -0.2) is 49.9 Å². The number of halogens is 1. The third-order valence-electron chi connectivity index (χ3n) is 4.07. The summed E-state index contributed by atoms with van der Waals surface area (Å²) in [7, 11) is 1.71. The first-order valence-electron chi connectivity index (χ1n) is 7.33. The zero-order chi connectivity index (χ0) is 14.4. The Bertz CT molecular complexity index is 422. The summed E-state index contributed by atoms with van der Waals surface area (Å²) in [5.41, 5.74) is 1.48. The van der Waals surface area contributed by atoms with Gasteiger partial charge in [-0.3, -0.25) is 4.90 Å². The van der Waals surface area contributed by atoms with Gasteiger partial charge in [-0.2, -0.15) is 0 Å². The molecule has 1 aromatic carbocycles. The monoisotopic (exact) mass is 314 g/mol. The maximum Gasteiger partial charge on any atom is 0.123 e. The Morgan fingerprint density at radius 2 is 2.14 bits per heavy atom. The number of ether oxygens (including phenoxy) is 1. The lowest BCUT2D eigenvalue weighted by atomic mass is 9.89. The maximum absolute atomic E-state index is 9.31. The number of nitrogens with zero attached hydrogens (tertiary/aromatic N) is 1. The van der Waals surface area contributed by atoms with E-state index >= 15 is 0 Å². The van der Waals surface area contributed by atoms with Crippen molar-refractivity contribution in [2.24, 2.45) is 5.41 Å². The Balaban J connectivity index is 0.00000220. The summed E-state index contributed by atoms with van der Waals surface area (Å²) >= 11 is 0. The predicted octanol–water partition coefficient (Wildman–Crippen LogP) is 1.91. The molecule has 1 aromatic rings. The van der Waals surface area contributed by atoms with Crippen molar-refractivity contribution in [1.29, 1.82) is 0 Å². The van der Waals surface area contributed by atoms with Crippen LogP contribution < -0.4 is 10.1 Å². The maximum atomic E-state index is 9.31. The molecule has 0 spiro atoms. The number of para-hydroxylation sites is 1. The van der Waals surface area contributed by atoms with E-state index < -0.39 is 0 Å². The molecule has 2 rings (SSSR count). The van der Waals surface area contributed by atoms with E-state index in [4.69, 9.17) is 4.74 Å². The highest BCUT2D eigenvalue weighted by atomic mass is 35.5. The summed E-state index contributed by atoms with van der Waals surface area (Å²) in [6, 6.07) is 8.11. The van der Waals surface area contributed by atoms with Gasteiger partial charge in [0.25, 0.3) is 0 Å². The van der Waals surface area contributed by atoms with Crippen molar-refractivity contribution in [3.8, 4) is 5.75 Å². The second-order valence-corrected chi connectivity index (χ2v) is 5.98. The molecule has 2 N–H and O–H groups in total. The smallest absolute Gasteiger partial charge is 0.123 e. The van der Waals surface area contributed by atoms with Gasteiger partial charge in [-0.1, -0.05) is 25.1 Å². The third-order valence-corrected chi connectivity index (χ3v) is 4.07. The van der Waals surface area contributed by atoms with Crippen LogP contribution in [0.3, 0.4) is 0 Å². The summed E-state index contributed by atoms with van der Waals surface area (Å²) in [5, 5.41) is 12.7. The molecule has 1 aliphatic heterocycles. The molecule has 1 unspecified atom stereocenters. The first-order chi connectivity index (χ1) is 9.67. The SMILES string of the molecule is COc1ccccc1CN(CCO)CC1(C)CCNC1.Cl. The number of hydrogen-bond acceptors (Lipinski definition) is 4. The van der Waals surface area contributed by atoms with Crippen molar-refractivity contribution in [2.45, 2.75) is 19.9 Å². The van der Waals surface area contributed by atoms with Gasteiger partial charge in [0.2, 0.25) is 0 Å². The number of nitrogens with one attached hydrogen (secondary N) is 1. The molecular formula is C16H27ClN2O2. The summed E-state index contributed by atoms with van der Waals surface area (Å²) in [6.45, 7) is 7.18. The molecule has 0 saturated carbocycles. The van der Waals surface area contributed by atoms with E-state index in [1.54, 1.807) is 7.11 Å². The predicted molar refractivity (Wildman–Crippen MR) is 88.2 cm³/mol. The fourth-order valence-electron chi connectivity index (χ4n) is 2.97. The second-order valence-electron chi connectivity index (χ2n) is 5.98. The van der Waals surface area contributed by atoms with Gasteiger partial charge in [-0.25, -0.2) is 0 Å². The minimum Gasteiger partial charge on any atom is -0.496 e. The van der Waals surface area contributed by atoms with Gasteiger partial charge in [0.05, 0.1) is 13.7 Å². The van der Waals surface area contributed by atoms with Crippen LogP contribution in [0.1, 0.15) is 18.9 Å². The summed E-state index contributed by atoms with van der Waals surface area (Å²) in [6.07, 6.45) is 1.20. The highest BCUT2D eigenvalue weighted by Crippen LogP contribution is 2.27. The lowest BCUT2D eigenvalue weighted by Gasteiger charge is -2.32. The van der Waals surface area contributed by atoms with E-state index in [1.807, 2.05) is 18.2 Å². The van der Waals surface area contributed by atoms with Crippen molar-refractivity contribution >= 4 is 12.4 Å². The van der Waals surface area contributed by atoms with Gasteiger partial charge in [-0.05, 0) is 24.4 Å². The van der Waals surface area contributed by atoms with Crippen LogP contribution in [0.2, 0.25) is 0 Å².